The van der Waals surface area contributed by atoms with Gasteiger partial charge in [0.1, 0.15) is 5.69 Å². The summed E-state index contributed by atoms with van der Waals surface area (Å²) in [6.45, 7) is 3.37. The monoisotopic (exact) mass is 264 g/mol. The largest absolute Gasteiger partial charge is 0.311 e. The van der Waals surface area contributed by atoms with Crippen molar-refractivity contribution >= 4 is 11.6 Å². The van der Waals surface area contributed by atoms with E-state index in [1.54, 1.807) is 12.1 Å². The lowest BCUT2D eigenvalue weighted by Gasteiger charge is -2.04. The number of H-pyrrole nitrogens is 1. The van der Waals surface area contributed by atoms with Gasteiger partial charge in [-0.3, -0.25) is 9.78 Å². The highest BCUT2D eigenvalue weighted by molar-refractivity contribution is 6.30. The van der Waals surface area contributed by atoms with Crippen molar-refractivity contribution in [2.75, 3.05) is 6.54 Å². The number of nitrogens with zero attached hydrogens (tertiary/aromatic N) is 2. The maximum atomic E-state index is 11.5. The molecule has 2 heterocycles. The molecule has 0 aliphatic heterocycles. The van der Waals surface area contributed by atoms with Crippen molar-refractivity contribution in [1.82, 2.24) is 20.3 Å². The van der Waals surface area contributed by atoms with Gasteiger partial charge < -0.3 is 10.3 Å². The first-order valence-electron chi connectivity index (χ1n) is 5.62. The van der Waals surface area contributed by atoms with E-state index in [0.29, 0.717) is 28.8 Å². The third-order valence-corrected chi connectivity index (χ3v) is 2.54. The van der Waals surface area contributed by atoms with Gasteiger partial charge in [0.15, 0.2) is 5.82 Å². The average Bonchev–Trinajstić information content (AvgIpc) is 2.36. The molecule has 0 bridgehead atoms. The zero-order valence-electron chi connectivity index (χ0n) is 9.90. The summed E-state index contributed by atoms with van der Waals surface area (Å²) >= 11 is 5.77. The minimum atomic E-state index is -0.190. The summed E-state index contributed by atoms with van der Waals surface area (Å²) in [6.07, 6.45) is 1.52. The van der Waals surface area contributed by atoms with Crippen LogP contribution < -0.4 is 10.9 Å². The molecule has 2 rings (SSSR count). The third kappa shape index (κ3) is 3.15. The summed E-state index contributed by atoms with van der Waals surface area (Å²) in [6, 6.07) is 4.90. The van der Waals surface area contributed by atoms with Crippen LogP contribution in [0.1, 0.15) is 12.6 Å². The van der Waals surface area contributed by atoms with Gasteiger partial charge in [0.25, 0.3) is 5.56 Å². The standard InChI is InChI=1S/C12H13ClN4O/c1-2-14-7-9-5-11(18)17-12(16-9)10-4-3-8(13)6-15-10/h3-6,14H,2,7H2,1H3,(H,16,17,18). The second-order valence-electron chi connectivity index (χ2n) is 3.73. The van der Waals surface area contributed by atoms with Crippen molar-refractivity contribution < 1.29 is 0 Å². The van der Waals surface area contributed by atoms with E-state index >= 15 is 0 Å². The number of nitrogens with one attached hydrogen (secondary N) is 2. The van der Waals surface area contributed by atoms with Crippen molar-refractivity contribution in [3.05, 3.63) is 45.5 Å². The molecule has 2 aromatic heterocycles. The summed E-state index contributed by atoms with van der Waals surface area (Å²) in [5.41, 5.74) is 1.09. The first-order chi connectivity index (χ1) is 8.69. The number of halogens is 1. The maximum Gasteiger partial charge on any atom is 0.251 e. The van der Waals surface area contributed by atoms with Crippen LogP contribution in [0.5, 0.6) is 0 Å². The highest BCUT2D eigenvalue weighted by Gasteiger charge is 2.05. The van der Waals surface area contributed by atoms with E-state index in [1.165, 1.54) is 12.3 Å². The lowest BCUT2D eigenvalue weighted by atomic mass is 10.3. The van der Waals surface area contributed by atoms with Gasteiger partial charge in [-0.1, -0.05) is 18.5 Å². The molecule has 2 N–H and O–H groups in total. The molecule has 0 atom stereocenters. The van der Waals surface area contributed by atoms with Crippen molar-refractivity contribution in [2.24, 2.45) is 0 Å². The minimum absolute atomic E-state index is 0.190. The number of pyridine rings is 1. The molecular weight excluding hydrogens is 252 g/mol. The van der Waals surface area contributed by atoms with Gasteiger partial charge in [-0.05, 0) is 18.7 Å². The molecule has 0 saturated carbocycles. The molecule has 0 unspecified atom stereocenters. The van der Waals surface area contributed by atoms with Crippen molar-refractivity contribution in [3.63, 3.8) is 0 Å². The van der Waals surface area contributed by atoms with Gasteiger partial charge in [0, 0.05) is 18.8 Å². The predicted octanol–water partition coefficient (Wildman–Crippen LogP) is 1.59. The van der Waals surface area contributed by atoms with E-state index in [9.17, 15) is 4.79 Å². The summed E-state index contributed by atoms with van der Waals surface area (Å²) in [5, 5.41) is 3.67. The van der Waals surface area contributed by atoms with E-state index in [-0.39, 0.29) is 5.56 Å². The van der Waals surface area contributed by atoms with E-state index in [2.05, 4.69) is 20.3 Å². The Kier molecular flexibility index (Phi) is 4.07. The molecule has 0 radical (unpaired) electrons. The quantitative estimate of drug-likeness (QED) is 0.880. The number of hydrogen-bond acceptors (Lipinski definition) is 4. The van der Waals surface area contributed by atoms with Crippen LogP contribution in [0.2, 0.25) is 5.02 Å². The Morgan fingerprint density at radius 1 is 1.44 bits per heavy atom. The van der Waals surface area contributed by atoms with Gasteiger partial charge >= 0.3 is 0 Å². The molecule has 0 saturated heterocycles. The van der Waals surface area contributed by atoms with Crippen LogP contribution in [0.4, 0.5) is 0 Å². The second-order valence-corrected chi connectivity index (χ2v) is 4.16. The number of rotatable bonds is 4. The molecule has 0 aliphatic rings. The molecule has 6 heteroatoms. The zero-order valence-corrected chi connectivity index (χ0v) is 10.7. The summed E-state index contributed by atoms with van der Waals surface area (Å²) < 4.78 is 0. The lowest BCUT2D eigenvalue weighted by molar-refractivity contribution is 0.707. The first-order valence-corrected chi connectivity index (χ1v) is 5.99. The predicted molar refractivity (Wildman–Crippen MR) is 70.5 cm³/mol. The lowest BCUT2D eigenvalue weighted by Crippen LogP contribution is -2.17. The molecular formula is C12H13ClN4O. The highest BCUT2D eigenvalue weighted by Crippen LogP contribution is 2.13. The fourth-order valence-electron chi connectivity index (χ4n) is 1.49. The van der Waals surface area contributed by atoms with Crippen LogP contribution in [0.3, 0.4) is 0 Å². The Labute approximate surface area is 109 Å². The van der Waals surface area contributed by atoms with Crippen molar-refractivity contribution in [1.29, 1.82) is 0 Å². The SMILES string of the molecule is CCNCc1cc(=O)[nH]c(-c2ccc(Cl)cn2)n1. The van der Waals surface area contributed by atoms with Gasteiger partial charge in [-0.15, -0.1) is 0 Å². The average molecular weight is 265 g/mol. The Balaban J connectivity index is 2.35. The summed E-state index contributed by atoms with van der Waals surface area (Å²) in [5.74, 6) is 0.451. The van der Waals surface area contributed by atoms with Gasteiger partial charge in [0.05, 0.1) is 10.7 Å². The highest BCUT2D eigenvalue weighted by atomic mass is 35.5. The maximum absolute atomic E-state index is 11.5. The topological polar surface area (TPSA) is 70.7 Å². The Hall–Kier alpha value is -1.72. The van der Waals surface area contributed by atoms with Crippen LogP contribution >= 0.6 is 11.6 Å². The summed E-state index contributed by atoms with van der Waals surface area (Å²) in [7, 11) is 0. The third-order valence-electron chi connectivity index (χ3n) is 2.32. The molecule has 5 nitrogen and oxygen atoms in total. The molecule has 0 aromatic carbocycles. The minimum Gasteiger partial charge on any atom is -0.311 e. The van der Waals surface area contributed by atoms with Gasteiger partial charge in [-0.25, -0.2) is 4.98 Å². The Morgan fingerprint density at radius 3 is 2.94 bits per heavy atom. The Bertz CT molecular complexity index is 579. The van der Waals surface area contributed by atoms with Crippen molar-refractivity contribution in [2.45, 2.75) is 13.5 Å². The normalized spacial score (nSPS) is 10.6. The second kappa shape index (κ2) is 5.75. The smallest absolute Gasteiger partial charge is 0.251 e. The zero-order chi connectivity index (χ0) is 13.0. The molecule has 94 valence electrons. The van der Waals surface area contributed by atoms with Gasteiger partial charge in [0.2, 0.25) is 0 Å². The number of aromatic amines is 1. The van der Waals surface area contributed by atoms with Crippen LogP contribution in [-0.2, 0) is 6.54 Å². The number of aromatic nitrogens is 3. The fourth-order valence-corrected chi connectivity index (χ4v) is 1.60. The molecule has 0 amide bonds. The molecule has 0 fully saturated rings. The first kappa shape index (κ1) is 12.7. The Morgan fingerprint density at radius 2 is 2.28 bits per heavy atom. The van der Waals surface area contributed by atoms with Crippen LogP contribution in [0.15, 0.2) is 29.2 Å². The van der Waals surface area contributed by atoms with E-state index in [4.69, 9.17) is 11.6 Å². The molecule has 18 heavy (non-hydrogen) atoms. The van der Waals surface area contributed by atoms with Crippen molar-refractivity contribution in [3.8, 4) is 11.5 Å². The van der Waals surface area contributed by atoms with E-state index < -0.39 is 0 Å². The summed E-state index contributed by atoms with van der Waals surface area (Å²) in [4.78, 5) is 22.7. The number of hydrogen-bond donors (Lipinski definition) is 2. The van der Waals surface area contributed by atoms with Crippen LogP contribution in [-0.4, -0.2) is 21.5 Å². The van der Waals surface area contributed by atoms with E-state index in [0.717, 1.165) is 6.54 Å². The van der Waals surface area contributed by atoms with E-state index in [1.807, 2.05) is 6.92 Å². The molecule has 0 aliphatic carbocycles. The van der Waals surface area contributed by atoms with Crippen LogP contribution in [0, 0.1) is 0 Å². The van der Waals surface area contributed by atoms with Crippen LogP contribution in [0.25, 0.3) is 11.5 Å². The molecule has 2 aromatic rings. The van der Waals surface area contributed by atoms with Gasteiger partial charge in [-0.2, -0.15) is 0 Å². The molecule has 0 spiro atoms. The fraction of sp³-hybridized carbons (Fsp3) is 0.250.